The standard InChI is InChI=1S/C26H31NO8/c1-13(2)32-8-9-33-26(30)21-15(4)27-17-10-14(3)20(25(29)31-5)24(28)23(17)22(21)16-6-7-18-19(11-16)35-12-34-18/h6-7,11,13-14,20,22,27H,8-10,12H2,1-5H3/t14-,20-,22-/m1/s1. The summed E-state index contributed by atoms with van der Waals surface area (Å²) in [6.07, 6.45) is 0.473. The Hall–Kier alpha value is -3.33. The second kappa shape index (κ2) is 10.1. The molecule has 0 bridgehead atoms. The minimum absolute atomic E-state index is 0.0113. The number of benzene rings is 1. The first-order chi connectivity index (χ1) is 16.7. The number of fused-ring (bicyclic) bond motifs is 1. The SMILES string of the molecule is COC(=O)[C@H]1C(=O)C2=C(C[C@H]1C)NC(C)=C(C(=O)OCCOC(C)C)[C@H]2c1ccc2c(c1)OCO2. The lowest BCUT2D eigenvalue weighted by Crippen LogP contribution is -2.43. The molecule has 0 amide bonds. The maximum atomic E-state index is 13.7. The van der Waals surface area contributed by atoms with Crippen molar-refractivity contribution < 1.29 is 38.1 Å². The van der Waals surface area contributed by atoms with Gasteiger partial charge in [0, 0.05) is 22.9 Å². The van der Waals surface area contributed by atoms with Crippen molar-refractivity contribution in [3.05, 3.63) is 46.3 Å². The van der Waals surface area contributed by atoms with Crippen LogP contribution in [0.1, 0.15) is 45.6 Å². The van der Waals surface area contributed by atoms with Gasteiger partial charge in [-0.2, -0.15) is 0 Å². The number of Topliss-reactive ketones (excluding diaryl/α,β-unsaturated/α-hetero) is 1. The summed E-state index contributed by atoms with van der Waals surface area (Å²) in [5.74, 6) is -2.34. The van der Waals surface area contributed by atoms with Gasteiger partial charge in [0.25, 0.3) is 0 Å². The number of ketones is 1. The van der Waals surface area contributed by atoms with Crippen molar-refractivity contribution in [2.75, 3.05) is 27.1 Å². The van der Waals surface area contributed by atoms with Crippen LogP contribution in [0, 0.1) is 11.8 Å². The highest BCUT2D eigenvalue weighted by Crippen LogP contribution is 2.47. The van der Waals surface area contributed by atoms with E-state index in [9.17, 15) is 14.4 Å². The van der Waals surface area contributed by atoms with Gasteiger partial charge < -0.3 is 29.0 Å². The molecule has 0 radical (unpaired) electrons. The van der Waals surface area contributed by atoms with Crippen molar-refractivity contribution in [3.8, 4) is 11.5 Å². The first kappa shape index (κ1) is 24.8. The lowest BCUT2D eigenvalue weighted by atomic mass is 9.69. The second-order valence-corrected chi connectivity index (χ2v) is 9.20. The molecule has 35 heavy (non-hydrogen) atoms. The zero-order valence-corrected chi connectivity index (χ0v) is 20.6. The Morgan fingerprint density at radius 1 is 1.17 bits per heavy atom. The number of esters is 2. The predicted octanol–water partition coefficient (Wildman–Crippen LogP) is 3.00. The van der Waals surface area contributed by atoms with Gasteiger partial charge in [0.15, 0.2) is 17.3 Å². The molecule has 9 heteroatoms. The van der Waals surface area contributed by atoms with Crippen LogP contribution in [0.4, 0.5) is 0 Å². The van der Waals surface area contributed by atoms with Crippen LogP contribution < -0.4 is 14.8 Å². The van der Waals surface area contributed by atoms with Gasteiger partial charge in [-0.1, -0.05) is 13.0 Å². The average Bonchev–Trinajstić information content (AvgIpc) is 3.28. The smallest absolute Gasteiger partial charge is 0.336 e. The summed E-state index contributed by atoms with van der Waals surface area (Å²) in [7, 11) is 1.27. The quantitative estimate of drug-likeness (QED) is 0.354. The molecule has 2 heterocycles. The third-order valence-electron chi connectivity index (χ3n) is 6.46. The van der Waals surface area contributed by atoms with Crippen LogP contribution in [-0.4, -0.2) is 50.9 Å². The van der Waals surface area contributed by atoms with Gasteiger partial charge in [-0.05, 0) is 50.8 Å². The number of rotatable bonds is 7. The topological polar surface area (TPSA) is 109 Å². The Morgan fingerprint density at radius 2 is 1.91 bits per heavy atom. The molecule has 1 aromatic rings. The van der Waals surface area contributed by atoms with Crippen LogP contribution >= 0.6 is 0 Å². The van der Waals surface area contributed by atoms with Crippen molar-refractivity contribution in [2.24, 2.45) is 11.8 Å². The summed E-state index contributed by atoms with van der Waals surface area (Å²) in [6.45, 7) is 7.85. The Labute approximate surface area is 204 Å². The van der Waals surface area contributed by atoms with Gasteiger partial charge >= 0.3 is 11.9 Å². The molecule has 2 aliphatic heterocycles. The fourth-order valence-corrected chi connectivity index (χ4v) is 4.87. The van der Waals surface area contributed by atoms with Gasteiger partial charge in [-0.25, -0.2) is 4.79 Å². The van der Waals surface area contributed by atoms with Crippen molar-refractivity contribution in [1.82, 2.24) is 5.32 Å². The minimum Gasteiger partial charge on any atom is -0.468 e. The Bertz CT molecular complexity index is 1100. The van der Waals surface area contributed by atoms with E-state index in [1.807, 2.05) is 20.8 Å². The zero-order valence-electron chi connectivity index (χ0n) is 20.6. The van der Waals surface area contributed by atoms with E-state index in [-0.39, 0.29) is 37.8 Å². The molecule has 0 aromatic heterocycles. The van der Waals surface area contributed by atoms with E-state index >= 15 is 0 Å². The van der Waals surface area contributed by atoms with Crippen LogP contribution in [0.5, 0.6) is 11.5 Å². The Kier molecular flexibility index (Phi) is 7.16. The number of dihydropyridines is 1. The van der Waals surface area contributed by atoms with Crippen molar-refractivity contribution in [1.29, 1.82) is 0 Å². The fourth-order valence-electron chi connectivity index (χ4n) is 4.87. The summed E-state index contributed by atoms with van der Waals surface area (Å²) >= 11 is 0. The third-order valence-corrected chi connectivity index (χ3v) is 6.46. The number of allylic oxidation sites excluding steroid dienone is 3. The van der Waals surface area contributed by atoms with Gasteiger partial charge in [0.05, 0.1) is 25.4 Å². The van der Waals surface area contributed by atoms with E-state index in [2.05, 4.69) is 5.32 Å². The van der Waals surface area contributed by atoms with Gasteiger partial charge in [-0.15, -0.1) is 0 Å². The first-order valence-electron chi connectivity index (χ1n) is 11.7. The summed E-state index contributed by atoms with van der Waals surface area (Å²) in [5.41, 5.74) is 2.63. The van der Waals surface area contributed by atoms with E-state index in [0.717, 1.165) is 0 Å². The Morgan fingerprint density at radius 3 is 2.63 bits per heavy atom. The van der Waals surface area contributed by atoms with Gasteiger partial charge in [0.1, 0.15) is 12.5 Å². The largest absolute Gasteiger partial charge is 0.468 e. The monoisotopic (exact) mass is 485 g/mol. The number of methoxy groups -OCH3 is 1. The molecular formula is C26H31NO8. The lowest BCUT2D eigenvalue weighted by Gasteiger charge is -2.38. The maximum absolute atomic E-state index is 13.7. The number of carbonyl (C=O) groups excluding carboxylic acids is 3. The molecule has 0 saturated heterocycles. The number of ether oxygens (including phenoxy) is 5. The average molecular weight is 486 g/mol. The highest BCUT2D eigenvalue weighted by molar-refractivity contribution is 6.12. The van der Waals surface area contributed by atoms with Crippen LogP contribution in [0.15, 0.2) is 40.7 Å². The van der Waals surface area contributed by atoms with Crippen molar-refractivity contribution in [3.63, 3.8) is 0 Å². The summed E-state index contributed by atoms with van der Waals surface area (Å²) in [6, 6.07) is 5.32. The minimum atomic E-state index is -0.952. The highest BCUT2D eigenvalue weighted by atomic mass is 16.7. The summed E-state index contributed by atoms with van der Waals surface area (Å²) in [4.78, 5) is 39.6. The molecular weight excluding hydrogens is 454 g/mol. The van der Waals surface area contributed by atoms with Gasteiger partial charge in [-0.3, -0.25) is 9.59 Å². The molecule has 3 atom stereocenters. The highest BCUT2D eigenvalue weighted by Gasteiger charge is 2.47. The Balaban J connectivity index is 1.75. The fraction of sp³-hybridized carbons (Fsp3) is 0.500. The van der Waals surface area contributed by atoms with Gasteiger partial charge in [0.2, 0.25) is 6.79 Å². The predicted molar refractivity (Wildman–Crippen MR) is 125 cm³/mol. The molecule has 188 valence electrons. The zero-order chi connectivity index (χ0) is 25.3. The van der Waals surface area contributed by atoms with E-state index in [4.69, 9.17) is 23.7 Å². The van der Waals surface area contributed by atoms with Crippen LogP contribution in [0.3, 0.4) is 0 Å². The van der Waals surface area contributed by atoms with Crippen molar-refractivity contribution in [2.45, 2.75) is 46.1 Å². The van der Waals surface area contributed by atoms with Crippen LogP contribution in [0.2, 0.25) is 0 Å². The molecule has 0 fully saturated rings. The molecule has 3 aliphatic rings. The van der Waals surface area contributed by atoms with E-state index in [1.54, 1.807) is 25.1 Å². The van der Waals surface area contributed by atoms with Crippen molar-refractivity contribution >= 4 is 17.7 Å². The molecule has 1 aliphatic carbocycles. The normalized spacial score (nSPS) is 23.3. The molecule has 0 saturated carbocycles. The number of nitrogens with one attached hydrogen (secondary N) is 1. The lowest BCUT2D eigenvalue weighted by molar-refractivity contribution is -0.151. The van der Waals surface area contributed by atoms with Crippen LogP contribution in [-0.2, 0) is 28.6 Å². The third kappa shape index (κ3) is 4.77. The second-order valence-electron chi connectivity index (χ2n) is 9.20. The first-order valence-corrected chi connectivity index (χ1v) is 11.7. The number of hydrogen-bond donors (Lipinski definition) is 1. The maximum Gasteiger partial charge on any atom is 0.336 e. The summed E-state index contributed by atoms with van der Waals surface area (Å²) in [5, 5.41) is 3.25. The molecule has 0 unspecified atom stereocenters. The number of hydrogen-bond acceptors (Lipinski definition) is 9. The van der Waals surface area contributed by atoms with E-state index < -0.39 is 23.8 Å². The molecule has 1 N–H and O–H groups in total. The van der Waals surface area contributed by atoms with Crippen LogP contribution in [0.25, 0.3) is 0 Å². The molecule has 1 aromatic carbocycles. The summed E-state index contributed by atoms with van der Waals surface area (Å²) < 4.78 is 26.9. The molecule has 4 rings (SSSR count). The van der Waals surface area contributed by atoms with E-state index in [0.29, 0.717) is 46.0 Å². The molecule has 0 spiro atoms. The van der Waals surface area contributed by atoms with E-state index in [1.165, 1.54) is 7.11 Å². The molecule has 9 nitrogen and oxygen atoms in total. The number of carbonyl (C=O) groups is 3.